The van der Waals surface area contributed by atoms with E-state index >= 15 is 0 Å². The van der Waals surface area contributed by atoms with Gasteiger partial charge in [0.15, 0.2) is 5.11 Å². The molecule has 1 aromatic heterocycles. The molecule has 0 bridgehead atoms. The minimum absolute atomic E-state index is 0.0677. The third-order valence-corrected chi connectivity index (χ3v) is 6.53. The number of nitro groups is 1. The Balaban J connectivity index is 1.27. The molecule has 11 heteroatoms. The summed E-state index contributed by atoms with van der Waals surface area (Å²) >= 11 is 5.31. The van der Waals surface area contributed by atoms with Crippen LogP contribution in [0.3, 0.4) is 0 Å². The number of carbonyl (C=O) groups is 1. The van der Waals surface area contributed by atoms with Crippen molar-refractivity contribution in [2.45, 2.75) is 26.2 Å². The van der Waals surface area contributed by atoms with Crippen molar-refractivity contribution in [1.29, 1.82) is 0 Å². The number of aromatic nitrogens is 3. The van der Waals surface area contributed by atoms with Crippen molar-refractivity contribution in [1.82, 2.24) is 20.3 Å². The number of hydrogen-bond donors (Lipinski definition) is 2. The van der Waals surface area contributed by atoms with Crippen molar-refractivity contribution in [3.05, 3.63) is 81.9 Å². The highest BCUT2D eigenvalue weighted by Crippen LogP contribution is 2.31. The van der Waals surface area contributed by atoms with Gasteiger partial charge in [0.25, 0.3) is 11.6 Å². The maximum absolute atomic E-state index is 12.8. The zero-order valence-corrected chi connectivity index (χ0v) is 21.0. The fraction of sp³-hybridized carbons (Fsp3) is 0.231. The Hall–Kier alpha value is -4.38. The third-order valence-electron chi connectivity index (χ3n) is 6.32. The normalized spacial score (nSPS) is 13.1. The highest BCUT2D eigenvalue weighted by Gasteiger charge is 2.24. The largest absolute Gasteiger partial charge is 0.366 e. The summed E-state index contributed by atoms with van der Waals surface area (Å²) in [5.74, 6) is -0.531. The molecule has 3 aromatic carbocycles. The standard InChI is InChI=1S/C26H25N7O3S/c1-2-17-5-9-20(10-6-17)32-29-21-11-8-19(16-22(21)30-32)27-26(37)28-25(34)18-7-12-23(24(15-18)33(35)36)31-13-3-4-14-31/h5-12,15-16H,2-4,13-14H2,1H3,(H2,27,28,34,37). The van der Waals surface area contributed by atoms with Crippen LogP contribution in [-0.2, 0) is 6.42 Å². The fourth-order valence-corrected chi connectivity index (χ4v) is 4.56. The van der Waals surface area contributed by atoms with Crippen LogP contribution in [0.4, 0.5) is 17.1 Å². The van der Waals surface area contributed by atoms with Gasteiger partial charge in [0.2, 0.25) is 0 Å². The monoisotopic (exact) mass is 515 g/mol. The Kier molecular flexibility index (Phi) is 6.78. The molecule has 4 aromatic rings. The molecule has 37 heavy (non-hydrogen) atoms. The Morgan fingerprint density at radius 1 is 1.03 bits per heavy atom. The molecular weight excluding hydrogens is 490 g/mol. The van der Waals surface area contributed by atoms with Crippen molar-refractivity contribution in [3.63, 3.8) is 0 Å². The van der Waals surface area contributed by atoms with Crippen LogP contribution < -0.4 is 15.5 Å². The summed E-state index contributed by atoms with van der Waals surface area (Å²) in [4.78, 5) is 27.5. The van der Waals surface area contributed by atoms with E-state index in [1.807, 2.05) is 35.2 Å². The number of anilines is 2. The summed E-state index contributed by atoms with van der Waals surface area (Å²) in [5.41, 5.74) is 4.69. The van der Waals surface area contributed by atoms with E-state index < -0.39 is 10.8 Å². The molecule has 1 amide bonds. The number of nitrogens with one attached hydrogen (secondary N) is 2. The Morgan fingerprint density at radius 2 is 1.76 bits per heavy atom. The van der Waals surface area contributed by atoms with Gasteiger partial charge < -0.3 is 10.2 Å². The number of rotatable bonds is 6. The lowest BCUT2D eigenvalue weighted by atomic mass is 10.1. The van der Waals surface area contributed by atoms with Gasteiger partial charge in [-0.2, -0.15) is 4.80 Å². The zero-order chi connectivity index (χ0) is 25.9. The van der Waals surface area contributed by atoms with E-state index in [1.165, 1.54) is 11.6 Å². The van der Waals surface area contributed by atoms with Crippen LogP contribution in [0.1, 0.15) is 35.7 Å². The Labute approximate surface area is 218 Å². The van der Waals surface area contributed by atoms with Gasteiger partial charge in [-0.25, -0.2) is 0 Å². The van der Waals surface area contributed by atoms with Crippen molar-refractivity contribution in [3.8, 4) is 5.69 Å². The molecule has 0 radical (unpaired) electrons. The maximum Gasteiger partial charge on any atom is 0.293 e. The summed E-state index contributed by atoms with van der Waals surface area (Å²) in [6, 6.07) is 17.9. The van der Waals surface area contributed by atoms with Crippen LogP contribution in [0, 0.1) is 10.1 Å². The minimum Gasteiger partial charge on any atom is -0.366 e. The summed E-state index contributed by atoms with van der Waals surface area (Å²) < 4.78 is 0. The van der Waals surface area contributed by atoms with Crippen LogP contribution in [-0.4, -0.2) is 44.0 Å². The number of benzene rings is 3. The first-order valence-electron chi connectivity index (χ1n) is 12.0. The summed E-state index contributed by atoms with van der Waals surface area (Å²) in [7, 11) is 0. The minimum atomic E-state index is -0.531. The van der Waals surface area contributed by atoms with Gasteiger partial charge >= 0.3 is 0 Å². The molecule has 1 saturated heterocycles. The molecule has 1 fully saturated rings. The average molecular weight is 516 g/mol. The van der Waals surface area contributed by atoms with Crippen LogP contribution >= 0.6 is 12.2 Å². The number of carbonyl (C=O) groups excluding carboxylic acids is 1. The van der Waals surface area contributed by atoms with Crippen molar-refractivity contribution < 1.29 is 9.72 Å². The molecule has 2 N–H and O–H groups in total. The molecule has 0 unspecified atom stereocenters. The second kappa shape index (κ2) is 10.3. The predicted molar refractivity (Wildman–Crippen MR) is 146 cm³/mol. The van der Waals surface area contributed by atoms with Crippen LogP contribution in [0.25, 0.3) is 16.7 Å². The molecule has 0 saturated carbocycles. The van der Waals surface area contributed by atoms with E-state index in [-0.39, 0.29) is 16.4 Å². The second-order valence-corrected chi connectivity index (χ2v) is 9.18. The molecule has 0 spiro atoms. The predicted octanol–water partition coefficient (Wildman–Crippen LogP) is 4.62. The number of thiocarbonyl (C=S) groups is 1. The van der Waals surface area contributed by atoms with Gasteiger partial charge in [0.05, 0.1) is 10.6 Å². The van der Waals surface area contributed by atoms with E-state index in [4.69, 9.17) is 12.2 Å². The number of nitrogens with zero attached hydrogens (tertiary/aromatic N) is 5. The number of aryl methyl sites for hydroxylation is 1. The summed E-state index contributed by atoms with van der Waals surface area (Å²) in [6.07, 6.45) is 2.95. The maximum atomic E-state index is 12.8. The van der Waals surface area contributed by atoms with E-state index in [0.29, 0.717) is 22.4 Å². The second-order valence-electron chi connectivity index (χ2n) is 8.78. The highest BCUT2D eigenvalue weighted by atomic mass is 32.1. The third kappa shape index (κ3) is 5.26. The quantitative estimate of drug-likeness (QED) is 0.217. The van der Waals surface area contributed by atoms with E-state index in [9.17, 15) is 14.9 Å². The van der Waals surface area contributed by atoms with Crippen molar-refractivity contribution >= 4 is 51.3 Å². The molecule has 0 aliphatic carbocycles. The highest BCUT2D eigenvalue weighted by molar-refractivity contribution is 7.80. The van der Waals surface area contributed by atoms with Gasteiger partial charge in [-0.1, -0.05) is 19.1 Å². The molecule has 2 heterocycles. The van der Waals surface area contributed by atoms with Gasteiger partial charge in [0, 0.05) is 30.4 Å². The lowest BCUT2D eigenvalue weighted by molar-refractivity contribution is -0.384. The molecule has 10 nitrogen and oxygen atoms in total. The first-order valence-corrected chi connectivity index (χ1v) is 12.4. The molecule has 188 valence electrons. The molecular formula is C26H25N7O3S. The van der Waals surface area contributed by atoms with Gasteiger partial charge in [-0.05, 0) is 79.5 Å². The number of nitro benzene ring substituents is 1. The average Bonchev–Trinajstić information content (AvgIpc) is 3.58. The smallest absolute Gasteiger partial charge is 0.293 e. The SMILES string of the molecule is CCc1ccc(-n2nc3ccc(NC(=S)NC(=O)c4ccc(N5CCCC5)c([N+](=O)[O-])c4)cc3n2)cc1. The van der Waals surface area contributed by atoms with Crippen LogP contribution in [0.2, 0.25) is 0 Å². The van der Waals surface area contributed by atoms with E-state index in [0.717, 1.165) is 38.0 Å². The number of fused-ring (bicyclic) bond motifs is 1. The van der Waals surface area contributed by atoms with Crippen LogP contribution in [0.15, 0.2) is 60.7 Å². The molecule has 1 aliphatic heterocycles. The molecule has 5 rings (SSSR count). The Bertz CT molecular complexity index is 1490. The summed E-state index contributed by atoms with van der Waals surface area (Å²) in [5, 5.41) is 26.3. The number of hydrogen-bond acceptors (Lipinski definition) is 7. The van der Waals surface area contributed by atoms with Crippen molar-refractivity contribution in [2.75, 3.05) is 23.3 Å². The lowest BCUT2D eigenvalue weighted by Gasteiger charge is -2.18. The molecule has 1 aliphatic rings. The van der Waals surface area contributed by atoms with Crippen molar-refractivity contribution in [2.24, 2.45) is 0 Å². The van der Waals surface area contributed by atoms with E-state index in [2.05, 4.69) is 27.8 Å². The topological polar surface area (TPSA) is 118 Å². The zero-order valence-electron chi connectivity index (χ0n) is 20.2. The lowest BCUT2D eigenvalue weighted by Crippen LogP contribution is -2.34. The van der Waals surface area contributed by atoms with Crippen LogP contribution in [0.5, 0.6) is 0 Å². The van der Waals surface area contributed by atoms with Gasteiger partial charge in [0.1, 0.15) is 16.7 Å². The van der Waals surface area contributed by atoms with Gasteiger partial charge in [-0.3, -0.25) is 20.2 Å². The fourth-order valence-electron chi connectivity index (χ4n) is 4.35. The first kappa shape index (κ1) is 24.3. The summed E-state index contributed by atoms with van der Waals surface area (Å²) in [6.45, 7) is 3.64. The first-order chi connectivity index (χ1) is 17.9. The Morgan fingerprint density at radius 3 is 2.46 bits per heavy atom. The molecule has 0 atom stereocenters. The van der Waals surface area contributed by atoms with E-state index in [1.54, 1.807) is 29.1 Å². The number of amides is 1. The van der Waals surface area contributed by atoms with Gasteiger partial charge in [-0.15, -0.1) is 10.2 Å².